The van der Waals surface area contributed by atoms with Crippen LogP contribution in [0.5, 0.6) is 0 Å². The summed E-state index contributed by atoms with van der Waals surface area (Å²) in [7, 11) is 0. The Hall–Kier alpha value is -1.32. The van der Waals surface area contributed by atoms with Crippen LogP contribution in [-0.2, 0) is 4.79 Å². The zero-order valence-corrected chi connectivity index (χ0v) is 8.60. The minimum Gasteiger partial charge on any atom is -0.299 e. The first-order valence-electron chi connectivity index (χ1n) is 5.27. The summed E-state index contributed by atoms with van der Waals surface area (Å²) in [5.74, 6) is -4.17. The fourth-order valence-electron chi connectivity index (χ4n) is 2.15. The maximum Gasteiger partial charge on any atom is 0.165 e. The third kappa shape index (κ3) is 1.84. The molecule has 0 aliphatic heterocycles. The summed E-state index contributed by atoms with van der Waals surface area (Å²) in [6.45, 7) is 0. The van der Waals surface area contributed by atoms with Gasteiger partial charge in [-0.15, -0.1) is 0 Å². The highest BCUT2D eigenvalue weighted by Crippen LogP contribution is 2.33. The molecule has 0 heterocycles. The lowest BCUT2D eigenvalue weighted by Gasteiger charge is -2.21. The highest BCUT2D eigenvalue weighted by atomic mass is 19.2. The Kier molecular flexibility index (Phi) is 2.99. The van der Waals surface area contributed by atoms with Crippen LogP contribution in [0.4, 0.5) is 13.2 Å². The van der Waals surface area contributed by atoms with E-state index in [-0.39, 0.29) is 5.78 Å². The van der Waals surface area contributed by atoms with Crippen molar-refractivity contribution in [1.29, 1.82) is 0 Å². The number of rotatable bonds is 1. The minimum absolute atomic E-state index is 0.199. The monoisotopic (exact) mass is 228 g/mol. The van der Waals surface area contributed by atoms with E-state index in [2.05, 4.69) is 0 Å². The molecular weight excluding hydrogens is 217 g/mol. The van der Waals surface area contributed by atoms with Gasteiger partial charge in [0.25, 0.3) is 0 Å². The lowest BCUT2D eigenvalue weighted by atomic mass is 9.82. The summed E-state index contributed by atoms with van der Waals surface area (Å²) < 4.78 is 39.9. The topological polar surface area (TPSA) is 17.1 Å². The van der Waals surface area contributed by atoms with Gasteiger partial charge in [0.15, 0.2) is 11.6 Å². The molecule has 1 saturated carbocycles. The highest BCUT2D eigenvalue weighted by molar-refractivity contribution is 5.86. The fourth-order valence-corrected chi connectivity index (χ4v) is 2.15. The summed E-state index contributed by atoms with van der Waals surface area (Å²) in [4.78, 5) is 11.6. The second-order valence-electron chi connectivity index (χ2n) is 4.02. The van der Waals surface area contributed by atoms with Crippen LogP contribution in [0.1, 0.15) is 37.2 Å². The summed E-state index contributed by atoms with van der Waals surface area (Å²) in [6.07, 6.45) is 2.20. The number of Topliss-reactive ketones (excluding diaryl/α,β-unsaturated/α-hetero) is 1. The van der Waals surface area contributed by atoms with Crippen molar-refractivity contribution in [1.82, 2.24) is 0 Å². The molecule has 0 bridgehead atoms. The lowest BCUT2D eigenvalue weighted by Crippen LogP contribution is -2.20. The molecule has 1 fully saturated rings. The van der Waals surface area contributed by atoms with E-state index >= 15 is 0 Å². The standard InChI is InChI=1S/C12H11F3O/c13-8-5-6-9(14)12(15)11(8)7-3-1-2-4-10(7)16/h5-7H,1-4H2. The number of ketones is 1. The van der Waals surface area contributed by atoms with Crippen molar-refractivity contribution in [2.45, 2.75) is 31.6 Å². The van der Waals surface area contributed by atoms with E-state index in [1.54, 1.807) is 0 Å². The maximum atomic E-state index is 13.5. The molecule has 4 heteroatoms. The summed E-state index contributed by atoms with van der Waals surface area (Å²) in [5, 5.41) is 0. The molecule has 1 aliphatic rings. The molecular formula is C12H11F3O. The average molecular weight is 228 g/mol. The highest BCUT2D eigenvalue weighted by Gasteiger charge is 2.30. The Morgan fingerprint density at radius 1 is 1.06 bits per heavy atom. The third-order valence-corrected chi connectivity index (χ3v) is 2.98. The van der Waals surface area contributed by atoms with Crippen LogP contribution in [0.15, 0.2) is 12.1 Å². The number of carbonyl (C=O) groups is 1. The summed E-state index contributed by atoms with van der Waals surface area (Å²) in [6, 6.07) is 1.61. The van der Waals surface area contributed by atoms with Crippen LogP contribution in [0.25, 0.3) is 0 Å². The number of hydrogen-bond acceptors (Lipinski definition) is 1. The molecule has 0 spiro atoms. The van der Waals surface area contributed by atoms with E-state index in [9.17, 15) is 18.0 Å². The smallest absolute Gasteiger partial charge is 0.165 e. The normalized spacial score (nSPS) is 21.2. The van der Waals surface area contributed by atoms with Crippen molar-refractivity contribution in [3.05, 3.63) is 35.1 Å². The molecule has 1 nitrogen and oxygen atoms in total. The molecule has 1 aromatic carbocycles. The molecule has 2 rings (SSSR count). The van der Waals surface area contributed by atoms with Crippen molar-refractivity contribution in [2.75, 3.05) is 0 Å². The Morgan fingerprint density at radius 2 is 1.75 bits per heavy atom. The van der Waals surface area contributed by atoms with Gasteiger partial charge in [-0.05, 0) is 25.0 Å². The Morgan fingerprint density at radius 3 is 2.44 bits per heavy atom. The first-order chi connectivity index (χ1) is 7.61. The van der Waals surface area contributed by atoms with E-state index in [0.717, 1.165) is 25.0 Å². The second kappa shape index (κ2) is 4.28. The van der Waals surface area contributed by atoms with Crippen LogP contribution in [-0.4, -0.2) is 5.78 Å². The molecule has 0 saturated heterocycles. The number of benzene rings is 1. The summed E-state index contributed by atoms with van der Waals surface area (Å²) in [5.41, 5.74) is -0.398. The van der Waals surface area contributed by atoms with Gasteiger partial charge in [-0.2, -0.15) is 0 Å². The summed E-state index contributed by atoms with van der Waals surface area (Å²) >= 11 is 0. The van der Waals surface area contributed by atoms with Crippen LogP contribution >= 0.6 is 0 Å². The number of halogens is 3. The van der Waals surface area contributed by atoms with Gasteiger partial charge in [0.1, 0.15) is 11.6 Å². The molecule has 1 unspecified atom stereocenters. The van der Waals surface area contributed by atoms with Gasteiger partial charge >= 0.3 is 0 Å². The molecule has 0 aromatic heterocycles. The van der Waals surface area contributed by atoms with E-state index in [0.29, 0.717) is 12.8 Å². The fraction of sp³-hybridized carbons (Fsp3) is 0.417. The zero-order valence-electron chi connectivity index (χ0n) is 8.60. The van der Waals surface area contributed by atoms with Gasteiger partial charge < -0.3 is 0 Å². The van der Waals surface area contributed by atoms with E-state index in [1.165, 1.54) is 0 Å². The van der Waals surface area contributed by atoms with E-state index in [1.807, 2.05) is 0 Å². The van der Waals surface area contributed by atoms with Crippen LogP contribution in [0.2, 0.25) is 0 Å². The molecule has 0 N–H and O–H groups in total. The molecule has 1 aromatic rings. The Labute approximate surface area is 91.3 Å². The molecule has 1 atom stereocenters. The number of carbonyl (C=O) groups excluding carboxylic acids is 1. The number of hydrogen-bond donors (Lipinski definition) is 0. The predicted molar refractivity (Wildman–Crippen MR) is 52.5 cm³/mol. The van der Waals surface area contributed by atoms with Gasteiger partial charge in [-0.25, -0.2) is 13.2 Å². The molecule has 1 aliphatic carbocycles. The quantitative estimate of drug-likeness (QED) is 0.674. The van der Waals surface area contributed by atoms with Gasteiger partial charge in [0, 0.05) is 17.9 Å². The van der Waals surface area contributed by atoms with Crippen molar-refractivity contribution in [3.63, 3.8) is 0 Å². The van der Waals surface area contributed by atoms with Gasteiger partial charge in [0.2, 0.25) is 0 Å². The largest absolute Gasteiger partial charge is 0.299 e. The van der Waals surface area contributed by atoms with Crippen LogP contribution in [0.3, 0.4) is 0 Å². The molecule has 0 amide bonds. The Balaban J connectivity index is 2.46. The van der Waals surface area contributed by atoms with Gasteiger partial charge in [-0.3, -0.25) is 4.79 Å². The van der Waals surface area contributed by atoms with Crippen molar-refractivity contribution >= 4 is 5.78 Å². The minimum atomic E-state index is -1.22. The predicted octanol–water partition coefficient (Wildman–Crippen LogP) is 3.33. The van der Waals surface area contributed by atoms with Gasteiger partial charge in [0.05, 0.1) is 0 Å². The van der Waals surface area contributed by atoms with E-state index in [4.69, 9.17) is 0 Å². The second-order valence-corrected chi connectivity index (χ2v) is 4.02. The molecule has 0 radical (unpaired) electrons. The van der Waals surface area contributed by atoms with Gasteiger partial charge in [-0.1, -0.05) is 6.42 Å². The Bertz CT molecular complexity index is 429. The van der Waals surface area contributed by atoms with Crippen molar-refractivity contribution < 1.29 is 18.0 Å². The zero-order chi connectivity index (χ0) is 11.7. The molecule has 86 valence electrons. The first kappa shape index (κ1) is 11.2. The maximum absolute atomic E-state index is 13.5. The lowest BCUT2D eigenvalue weighted by molar-refractivity contribution is -0.122. The van der Waals surface area contributed by atoms with Crippen molar-refractivity contribution in [2.24, 2.45) is 0 Å². The molecule has 16 heavy (non-hydrogen) atoms. The van der Waals surface area contributed by atoms with Crippen LogP contribution < -0.4 is 0 Å². The SMILES string of the molecule is O=C1CCCCC1c1c(F)ccc(F)c1F. The van der Waals surface area contributed by atoms with Crippen molar-refractivity contribution in [3.8, 4) is 0 Å². The van der Waals surface area contributed by atoms with E-state index < -0.39 is 28.9 Å². The van der Waals surface area contributed by atoms with Crippen LogP contribution in [0, 0.1) is 17.5 Å². The average Bonchev–Trinajstić information content (AvgIpc) is 2.27. The first-order valence-corrected chi connectivity index (χ1v) is 5.27. The third-order valence-electron chi connectivity index (χ3n) is 2.98.